The fraction of sp³-hybridized carbons (Fsp3) is 0.818. The second kappa shape index (κ2) is 11.7. The Balaban J connectivity index is 0. The number of rotatable bonds is 4. The third kappa shape index (κ3) is 24.5. The van der Waals surface area contributed by atoms with Crippen LogP contribution in [0, 0.1) is 0 Å². The van der Waals surface area contributed by atoms with Crippen molar-refractivity contribution in [2.45, 2.75) is 59.7 Å². The zero-order valence-corrected chi connectivity index (χ0v) is 9.38. The third-order valence-electron chi connectivity index (χ3n) is 1.64. The van der Waals surface area contributed by atoms with E-state index in [-0.39, 0.29) is 0 Å². The molecule has 0 aliphatic rings. The quantitative estimate of drug-likeness (QED) is 0.404. The van der Waals surface area contributed by atoms with Crippen LogP contribution in [0.15, 0.2) is 11.6 Å². The zero-order valence-electron chi connectivity index (χ0n) is 9.38. The highest BCUT2D eigenvalue weighted by Crippen LogP contribution is 1.99. The van der Waals surface area contributed by atoms with E-state index in [2.05, 4.69) is 26.8 Å². The molecular weight excluding hydrogens is 164 g/mol. The molecule has 2 heteroatoms. The summed E-state index contributed by atoms with van der Waals surface area (Å²) in [6.45, 7) is 8.29. The molecule has 2 N–H and O–H groups in total. The topological polar surface area (TPSA) is 40.5 Å². The summed E-state index contributed by atoms with van der Waals surface area (Å²) in [6, 6.07) is 0. The van der Waals surface area contributed by atoms with Crippen LogP contribution in [0.3, 0.4) is 0 Å². The van der Waals surface area contributed by atoms with Crippen LogP contribution in [0.1, 0.15) is 53.4 Å². The first kappa shape index (κ1) is 15.1. The summed E-state index contributed by atoms with van der Waals surface area (Å²) in [7, 11) is 0. The molecular formula is C11H24O2. The second-order valence-electron chi connectivity index (χ2n) is 3.34. The van der Waals surface area contributed by atoms with Gasteiger partial charge in [0.05, 0.1) is 0 Å². The monoisotopic (exact) mass is 188 g/mol. The highest BCUT2D eigenvalue weighted by molar-refractivity contribution is 4.88. The lowest BCUT2D eigenvalue weighted by molar-refractivity contribution is -0.0465. The molecule has 0 unspecified atom stereocenters. The number of hydrogen-bond donors (Lipinski definition) is 2. The smallest absolute Gasteiger partial charge is 0.151 e. The normalized spacial score (nSPS) is 9.15. The van der Waals surface area contributed by atoms with Gasteiger partial charge < -0.3 is 10.2 Å². The Labute approximate surface area is 82.3 Å². The van der Waals surface area contributed by atoms with E-state index in [1.54, 1.807) is 0 Å². The van der Waals surface area contributed by atoms with Crippen LogP contribution in [0.2, 0.25) is 0 Å². The summed E-state index contributed by atoms with van der Waals surface area (Å²) in [5, 5.41) is 16.7. The minimum atomic E-state index is -1.10. The summed E-state index contributed by atoms with van der Waals surface area (Å²) < 4.78 is 0. The van der Waals surface area contributed by atoms with Gasteiger partial charge in [-0.15, -0.1) is 0 Å². The van der Waals surface area contributed by atoms with Crippen molar-refractivity contribution in [3.05, 3.63) is 11.6 Å². The van der Waals surface area contributed by atoms with Crippen LogP contribution in [0.4, 0.5) is 0 Å². The van der Waals surface area contributed by atoms with Gasteiger partial charge in [0, 0.05) is 0 Å². The molecule has 0 heterocycles. The van der Waals surface area contributed by atoms with Gasteiger partial charge >= 0.3 is 0 Å². The van der Waals surface area contributed by atoms with Crippen molar-refractivity contribution in [1.82, 2.24) is 0 Å². The van der Waals surface area contributed by atoms with Crippen molar-refractivity contribution in [2.24, 2.45) is 0 Å². The predicted octanol–water partition coefficient (Wildman–Crippen LogP) is 2.85. The molecule has 0 bridgehead atoms. The lowest BCUT2D eigenvalue weighted by Crippen LogP contribution is -2.02. The third-order valence-corrected chi connectivity index (χ3v) is 1.64. The first-order valence-corrected chi connectivity index (χ1v) is 5.00. The first-order valence-electron chi connectivity index (χ1n) is 5.00. The van der Waals surface area contributed by atoms with Crippen LogP contribution < -0.4 is 0 Å². The fourth-order valence-corrected chi connectivity index (χ4v) is 0.577. The SMILES string of the molecule is CC=C(C)C.CCCCCC(O)O. The van der Waals surface area contributed by atoms with Crippen molar-refractivity contribution in [3.8, 4) is 0 Å². The van der Waals surface area contributed by atoms with Gasteiger partial charge in [-0.25, -0.2) is 0 Å². The maximum Gasteiger partial charge on any atom is 0.151 e. The van der Waals surface area contributed by atoms with Gasteiger partial charge in [0.1, 0.15) is 0 Å². The summed E-state index contributed by atoms with van der Waals surface area (Å²) in [6.07, 6.45) is 4.66. The van der Waals surface area contributed by atoms with Crippen LogP contribution in [0.5, 0.6) is 0 Å². The highest BCUT2D eigenvalue weighted by atomic mass is 16.5. The predicted molar refractivity (Wildman–Crippen MR) is 57.5 cm³/mol. The van der Waals surface area contributed by atoms with Crippen LogP contribution >= 0.6 is 0 Å². The van der Waals surface area contributed by atoms with Gasteiger partial charge in [-0.05, 0) is 33.6 Å². The Bertz CT molecular complexity index is 113. The molecule has 80 valence electrons. The van der Waals surface area contributed by atoms with E-state index in [0.29, 0.717) is 6.42 Å². The van der Waals surface area contributed by atoms with Gasteiger partial charge in [-0.2, -0.15) is 0 Å². The zero-order chi connectivity index (χ0) is 10.7. The van der Waals surface area contributed by atoms with Gasteiger partial charge in [0.25, 0.3) is 0 Å². The Morgan fingerprint density at radius 3 is 1.92 bits per heavy atom. The van der Waals surface area contributed by atoms with Crippen LogP contribution in [0.25, 0.3) is 0 Å². The molecule has 0 atom stereocenters. The second-order valence-corrected chi connectivity index (χ2v) is 3.34. The lowest BCUT2D eigenvalue weighted by atomic mass is 10.2. The molecule has 0 radical (unpaired) electrons. The minimum Gasteiger partial charge on any atom is -0.368 e. The molecule has 0 spiro atoms. The van der Waals surface area contributed by atoms with Crippen molar-refractivity contribution >= 4 is 0 Å². The molecule has 0 saturated heterocycles. The molecule has 0 saturated carbocycles. The largest absolute Gasteiger partial charge is 0.368 e. The molecule has 0 aliphatic heterocycles. The summed E-state index contributed by atoms with van der Waals surface area (Å²) in [4.78, 5) is 0. The molecule has 13 heavy (non-hydrogen) atoms. The van der Waals surface area contributed by atoms with Crippen LogP contribution in [-0.2, 0) is 0 Å². The number of aliphatic hydroxyl groups excluding tert-OH is 1. The van der Waals surface area contributed by atoms with Crippen molar-refractivity contribution < 1.29 is 10.2 Å². The van der Waals surface area contributed by atoms with E-state index in [1.165, 1.54) is 5.57 Å². The average molecular weight is 188 g/mol. The van der Waals surface area contributed by atoms with E-state index in [9.17, 15) is 0 Å². The molecule has 0 amide bonds. The van der Waals surface area contributed by atoms with Crippen molar-refractivity contribution in [1.29, 1.82) is 0 Å². The van der Waals surface area contributed by atoms with Gasteiger partial charge in [0.15, 0.2) is 6.29 Å². The molecule has 0 aromatic heterocycles. The molecule has 0 aromatic rings. The number of hydrogen-bond acceptors (Lipinski definition) is 2. The lowest BCUT2D eigenvalue weighted by Gasteiger charge is -1.99. The molecule has 2 nitrogen and oxygen atoms in total. The maximum atomic E-state index is 8.33. The van der Waals surface area contributed by atoms with Gasteiger partial charge in [-0.3, -0.25) is 0 Å². The Morgan fingerprint density at radius 1 is 1.23 bits per heavy atom. The first-order chi connectivity index (χ1) is 6.04. The number of allylic oxidation sites excluding steroid dienone is 2. The van der Waals surface area contributed by atoms with E-state index in [1.807, 2.05) is 6.92 Å². The summed E-state index contributed by atoms with van der Waals surface area (Å²) in [5.74, 6) is 0. The average Bonchev–Trinajstić information content (AvgIpc) is 2.05. The van der Waals surface area contributed by atoms with Crippen molar-refractivity contribution in [3.63, 3.8) is 0 Å². The van der Waals surface area contributed by atoms with Gasteiger partial charge in [0.2, 0.25) is 0 Å². The number of unbranched alkanes of at least 4 members (excludes halogenated alkanes) is 2. The standard InChI is InChI=1S/C6H14O2.C5H10/c1-2-3-4-5-6(7)8;1-4-5(2)3/h6-8H,2-5H2,1H3;4H,1-3H3. The Morgan fingerprint density at radius 2 is 1.69 bits per heavy atom. The molecule has 0 rings (SSSR count). The van der Waals surface area contributed by atoms with Crippen molar-refractivity contribution in [2.75, 3.05) is 0 Å². The van der Waals surface area contributed by atoms with E-state index in [0.717, 1.165) is 19.3 Å². The van der Waals surface area contributed by atoms with Gasteiger partial charge in [-0.1, -0.05) is 31.4 Å². The summed E-state index contributed by atoms with van der Waals surface area (Å²) >= 11 is 0. The Kier molecular flexibility index (Phi) is 13.6. The molecule has 0 aromatic carbocycles. The molecule has 0 fully saturated rings. The maximum absolute atomic E-state index is 8.33. The van der Waals surface area contributed by atoms with E-state index >= 15 is 0 Å². The van der Waals surface area contributed by atoms with E-state index in [4.69, 9.17) is 10.2 Å². The van der Waals surface area contributed by atoms with Crippen LogP contribution in [-0.4, -0.2) is 16.5 Å². The molecule has 0 aliphatic carbocycles. The van der Waals surface area contributed by atoms with E-state index < -0.39 is 6.29 Å². The number of aliphatic hydroxyl groups is 2. The minimum absolute atomic E-state index is 0.522. The fourth-order valence-electron chi connectivity index (χ4n) is 0.577. The summed E-state index contributed by atoms with van der Waals surface area (Å²) in [5.41, 5.74) is 1.38. The Hall–Kier alpha value is -0.340. The highest BCUT2D eigenvalue weighted by Gasteiger charge is 1.93.